The van der Waals surface area contributed by atoms with E-state index in [0.717, 1.165) is 18.3 Å². The lowest BCUT2D eigenvalue weighted by atomic mass is 10.2. The molecule has 0 aliphatic carbocycles. The molecule has 0 radical (unpaired) electrons. The maximum absolute atomic E-state index is 14.0. The lowest BCUT2D eigenvalue weighted by molar-refractivity contribution is -0.139. The number of halogens is 4. The van der Waals surface area contributed by atoms with Crippen molar-refractivity contribution in [2.75, 3.05) is 5.32 Å². The number of carbonyl (C=O) groups is 1. The zero-order valence-electron chi connectivity index (χ0n) is 13.7. The van der Waals surface area contributed by atoms with Crippen LogP contribution in [0.2, 0.25) is 0 Å². The monoisotopic (exact) mass is 379 g/mol. The third-order valence-electron chi connectivity index (χ3n) is 3.77. The third kappa shape index (κ3) is 4.08. The van der Waals surface area contributed by atoms with Crippen LogP contribution in [-0.4, -0.2) is 15.0 Å². The van der Waals surface area contributed by atoms with E-state index in [1.807, 2.05) is 0 Å². The number of amides is 1. The lowest BCUT2D eigenvalue weighted by Gasteiger charge is -2.12. The smallest absolute Gasteiger partial charge is 0.324 e. The largest absolute Gasteiger partial charge is 0.421 e. The second-order valence-electron chi connectivity index (χ2n) is 5.66. The molecule has 3 rings (SSSR count). The fourth-order valence-electron chi connectivity index (χ4n) is 2.50. The molecule has 0 atom stereocenters. The Morgan fingerprint density at radius 2 is 1.74 bits per heavy atom. The first kappa shape index (κ1) is 18.4. The summed E-state index contributed by atoms with van der Waals surface area (Å²) in [7, 11) is 0. The maximum Gasteiger partial charge on any atom is 0.421 e. The second kappa shape index (κ2) is 7.10. The summed E-state index contributed by atoms with van der Waals surface area (Å²) in [6.45, 7) is -0.685. The first-order valence-electron chi connectivity index (χ1n) is 7.75. The van der Waals surface area contributed by atoms with Crippen LogP contribution >= 0.6 is 0 Å². The minimum Gasteiger partial charge on any atom is -0.324 e. The van der Waals surface area contributed by atoms with E-state index in [2.05, 4.69) is 5.32 Å². The van der Waals surface area contributed by atoms with Gasteiger partial charge in [0.05, 0.1) is 5.69 Å². The Balaban J connectivity index is 1.81. The van der Waals surface area contributed by atoms with Gasteiger partial charge in [-0.1, -0.05) is 0 Å². The molecule has 9 heteroatoms. The number of hydrogen-bond acceptors (Lipinski definition) is 2. The van der Waals surface area contributed by atoms with Crippen molar-refractivity contribution in [3.63, 3.8) is 0 Å². The van der Waals surface area contributed by atoms with Crippen molar-refractivity contribution in [1.82, 2.24) is 9.13 Å². The molecule has 1 aromatic carbocycles. The van der Waals surface area contributed by atoms with E-state index in [1.54, 1.807) is 29.1 Å². The molecule has 1 amide bonds. The number of nitrogens with zero attached hydrogens (tertiary/aromatic N) is 2. The number of alkyl halides is 3. The molecular formula is C18H13F4N3O2. The summed E-state index contributed by atoms with van der Waals surface area (Å²) >= 11 is 0. The van der Waals surface area contributed by atoms with E-state index in [0.29, 0.717) is 16.3 Å². The number of rotatable bonds is 4. The van der Waals surface area contributed by atoms with Crippen LogP contribution in [0, 0.1) is 5.82 Å². The van der Waals surface area contributed by atoms with Crippen LogP contribution < -0.4 is 10.9 Å². The molecule has 3 aromatic rings. The number of aromatic nitrogens is 2. The van der Waals surface area contributed by atoms with Crippen LogP contribution in [0.15, 0.2) is 65.8 Å². The van der Waals surface area contributed by atoms with Crippen LogP contribution in [0.5, 0.6) is 0 Å². The molecule has 0 saturated carbocycles. The van der Waals surface area contributed by atoms with Gasteiger partial charge >= 0.3 is 6.18 Å². The zero-order chi connectivity index (χ0) is 19.6. The summed E-state index contributed by atoms with van der Waals surface area (Å²) in [6, 6.07) is 9.22. The Labute approximate surface area is 150 Å². The van der Waals surface area contributed by atoms with Gasteiger partial charge in [-0.15, -0.1) is 0 Å². The summed E-state index contributed by atoms with van der Waals surface area (Å²) < 4.78 is 54.6. The predicted molar refractivity (Wildman–Crippen MR) is 90.1 cm³/mol. The Hall–Kier alpha value is -3.36. The number of hydrogen-bond donors (Lipinski definition) is 1. The number of carbonyl (C=O) groups excluding carboxylic acids is 1. The fourth-order valence-corrected chi connectivity index (χ4v) is 2.50. The Bertz CT molecular complexity index is 1020. The van der Waals surface area contributed by atoms with Crippen LogP contribution in [0.4, 0.5) is 23.2 Å². The van der Waals surface area contributed by atoms with Crippen molar-refractivity contribution in [3.8, 4) is 5.69 Å². The third-order valence-corrected chi connectivity index (χ3v) is 3.77. The Kier molecular flexibility index (Phi) is 4.85. The van der Waals surface area contributed by atoms with Crippen molar-refractivity contribution in [1.29, 1.82) is 0 Å². The molecule has 0 spiro atoms. The standard InChI is InChI=1S/C18H13F4N3O2/c19-14-6-5-12(24-7-1-2-8-24)10-15(14)23-16(26)11-25-9-3-4-13(17(25)27)18(20,21)22/h1-10H,11H2,(H,23,26). The maximum atomic E-state index is 14.0. The van der Waals surface area contributed by atoms with Crippen LogP contribution in [0.3, 0.4) is 0 Å². The molecule has 0 unspecified atom stereocenters. The average molecular weight is 379 g/mol. The van der Waals surface area contributed by atoms with E-state index in [4.69, 9.17) is 0 Å². The summed E-state index contributed by atoms with van der Waals surface area (Å²) in [5.41, 5.74) is -2.29. The molecule has 27 heavy (non-hydrogen) atoms. The Morgan fingerprint density at radius 1 is 1.04 bits per heavy atom. The lowest BCUT2D eigenvalue weighted by Crippen LogP contribution is -2.32. The van der Waals surface area contributed by atoms with Crippen molar-refractivity contribution in [2.45, 2.75) is 12.7 Å². The van der Waals surface area contributed by atoms with Gasteiger partial charge in [-0.25, -0.2) is 4.39 Å². The van der Waals surface area contributed by atoms with Gasteiger partial charge in [0, 0.05) is 24.3 Å². The van der Waals surface area contributed by atoms with Gasteiger partial charge in [0.15, 0.2) is 0 Å². The molecule has 0 fully saturated rings. The van der Waals surface area contributed by atoms with Crippen LogP contribution in [-0.2, 0) is 17.5 Å². The SMILES string of the molecule is O=C(Cn1cccc(C(F)(F)F)c1=O)Nc1cc(-n2cccc2)ccc1F. The summed E-state index contributed by atoms with van der Waals surface area (Å²) in [5, 5.41) is 2.28. The predicted octanol–water partition coefficient (Wildman–Crippen LogP) is 3.44. The highest BCUT2D eigenvalue weighted by atomic mass is 19.4. The number of benzene rings is 1. The average Bonchev–Trinajstić information content (AvgIpc) is 3.12. The second-order valence-corrected chi connectivity index (χ2v) is 5.66. The highest BCUT2D eigenvalue weighted by Gasteiger charge is 2.34. The van der Waals surface area contributed by atoms with Gasteiger partial charge in [-0.2, -0.15) is 13.2 Å². The molecule has 140 valence electrons. The summed E-state index contributed by atoms with van der Waals surface area (Å²) in [5.74, 6) is -1.55. The molecule has 0 aliphatic heterocycles. The van der Waals surface area contributed by atoms with Crippen LogP contribution in [0.25, 0.3) is 5.69 Å². The molecule has 1 N–H and O–H groups in total. The van der Waals surface area contributed by atoms with Gasteiger partial charge in [-0.3, -0.25) is 9.59 Å². The highest BCUT2D eigenvalue weighted by molar-refractivity contribution is 5.91. The fraction of sp³-hybridized carbons (Fsp3) is 0.111. The number of nitrogens with one attached hydrogen (secondary N) is 1. The summed E-state index contributed by atoms with van der Waals surface area (Å²) in [4.78, 5) is 24.0. The van der Waals surface area contributed by atoms with Crippen molar-refractivity contribution < 1.29 is 22.4 Å². The topological polar surface area (TPSA) is 56.0 Å². The van der Waals surface area contributed by atoms with Gasteiger partial charge in [-0.05, 0) is 42.5 Å². The number of pyridine rings is 1. The molecule has 5 nitrogen and oxygen atoms in total. The summed E-state index contributed by atoms with van der Waals surface area (Å²) in [6.07, 6.45) is -0.320. The molecule has 2 heterocycles. The van der Waals surface area contributed by atoms with Gasteiger partial charge in [0.1, 0.15) is 17.9 Å². The van der Waals surface area contributed by atoms with E-state index < -0.39 is 35.6 Å². The van der Waals surface area contributed by atoms with Crippen molar-refractivity contribution >= 4 is 11.6 Å². The normalized spacial score (nSPS) is 11.4. The van der Waals surface area contributed by atoms with E-state index in [9.17, 15) is 27.2 Å². The molecular weight excluding hydrogens is 366 g/mol. The molecule has 0 aliphatic rings. The van der Waals surface area contributed by atoms with Gasteiger partial charge in [0.2, 0.25) is 5.91 Å². The minimum absolute atomic E-state index is 0.147. The first-order chi connectivity index (χ1) is 12.8. The molecule has 0 saturated heterocycles. The van der Waals surface area contributed by atoms with Gasteiger partial charge < -0.3 is 14.5 Å². The Morgan fingerprint density at radius 3 is 2.41 bits per heavy atom. The van der Waals surface area contributed by atoms with E-state index >= 15 is 0 Å². The van der Waals surface area contributed by atoms with Crippen LogP contribution in [0.1, 0.15) is 5.56 Å². The number of anilines is 1. The van der Waals surface area contributed by atoms with E-state index in [-0.39, 0.29) is 5.69 Å². The highest BCUT2D eigenvalue weighted by Crippen LogP contribution is 2.26. The van der Waals surface area contributed by atoms with Crippen molar-refractivity contribution in [3.05, 3.63) is 82.8 Å². The molecule has 2 aromatic heterocycles. The van der Waals surface area contributed by atoms with Crippen molar-refractivity contribution in [2.24, 2.45) is 0 Å². The van der Waals surface area contributed by atoms with E-state index in [1.165, 1.54) is 12.1 Å². The van der Waals surface area contributed by atoms with Gasteiger partial charge in [0.25, 0.3) is 5.56 Å². The zero-order valence-corrected chi connectivity index (χ0v) is 13.7. The quantitative estimate of drug-likeness (QED) is 0.706. The first-order valence-corrected chi connectivity index (χ1v) is 7.75. The molecule has 0 bridgehead atoms. The minimum atomic E-state index is -4.83.